The SMILES string of the molecule is O=C(NCC1CCC(O)C1)c1cccc(Cl)c1Cl. The predicted molar refractivity (Wildman–Crippen MR) is 72.1 cm³/mol. The highest BCUT2D eigenvalue weighted by Crippen LogP contribution is 2.26. The predicted octanol–water partition coefficient (Wildman–Crippen LogP) is 2.88. The number of benzene rings is 1. The Morgan fingerprint density at radius 1 is 1.39 bits per heavy atom. The lowest BCUT2D eigenvalue weighted by molar-refractivity contribution is 0.0945. The monoisotopic (exact) mass is 287 g/mol. The smallest absolute Gasteiger partial charge is 0.252 e. The van der Waals surface area contributed by atoms with Gasteiger partial charge in [0.15, 0.2) is 0 Å². The number of halogens is 2. The third-order valence-electron chi connectivity index (χ3n) is 3.26. The van der Waals surface area contributed by atoms with Gasteiger partial charge in [-0.2, -0.15) is 0 Å². The van der Waals surface area contributed by atoms with Gasteiger partial charge in [-0.25, -0.2) is 0 Å². The van der Waals surface area contributed by atoms with Crippen molar-refractivity contribution < 1.29 is 9.90 Å². The van der Waals surface area contributed by atoms with Crippen molar-refractivity contribution in [3.05, 3.63) is 33.8 Å². The van der Waals surface area contributed by atoms with Gasteiger partial charge in [0, 0.05) is 6.54 Å². The number of hydrogen-bond acceptors (Lipinski definition) is 2. The molecule has 2 rings (SSSR count). The standard InChI is InChI=1S/C13H15Cl2NO2/c14-11-3-1-2-10(12(11)15)13(18)16-7-8-4-5-9(17)6-8/h1-3,8-9,17H,4-7H2,(H,16,18). The minimum absolute atomic E-state index is 0.219. The first kappa shape index (κ1) is 13.7. The van der Waals surface area contributed by atoms with Crippen LogP contribution in [0.2, 0.25) is 10.0 Å². The number of hydrogen-bond donors (Lipinski definition) is 2. The minimum Gasteiger partial charge on any atom is -0.393 e. The fourth-order valence-corrected chi connectivity index (χ4v) is 2.63. The van der Waals surface area contributed by atoms with Gasteiger partial charge in [-0.15, -0.1) is 0 Å². The van der Waals surface area contributed by atoms with E-state index in [0.717, 1.165) is 19.3 Å². The van der Waals surface area contributed by atoms with Crippen LogP contribution in [0.1, 0.15) is 29.6 Å². The summed E-state index contributed by atoms with van der Waals surface area (Å²) in [7, 11) is 0. The van der Waals surface area contributed by atoms with Crippen LogP contribution in [-0.2, 0) is 0 Å². The third-order valence-corrected chi connectivity index (χ3v) is 4.08. The molecule has 5 heteroatoms. The second-order valence-electron chi connectivity index (χ2n) is 4.64. The summed E-state index contributed by atoms with van der Waals surface area (Å²) in [5.41, 5.74) is 0.391. The van der Waals surface area contributed by atoms with Crippen LogP contribution >= 0.6 is 23.2 Å². The van der Waals surface area contributed by atoms with Gasteiger partial charge in [-0.05, 0) is 37.3 Å². The molecule has 0 saturated heterocycles. The molecule has 2 atom stereocenters. The Hall–Kier alpha value is -0.770. The molecule has 98 valence electrons. The van der Waals surface area contributed by atoms with Crippen molar-refractivity contribution in [2.24, 2.45) is 5.92 Å². The molecule has 1 aromatic rings. The molecule has 0 radical (unpaired) electrons. The van der Waals surface area contributed by atoms with E-state index in [1.54, 1.807) is 18.2 Å². The zero-order chi connectivity index (χ0) is 13.1. The van der Waals surface area contributed by atoms with E-state index in [1.807, 2.05) is 0 Å². The maximum Gasteiger partial charge on any atom is 0.252 e. The molecule has 0 heterocycles. The Balaban J connectivity index is 1.94. The number of rotatable bonds is 3. The van der Waals surface area contributed by atoms with Gasteiger partial charge < -0.3 is 10.4 Å². The summed E-state index contributed by atoms with van der Waals surface area (Å²) in [5, 5.41) is 12.9. The van der Waals surface area contributed by atoms with Crippen LogP contribution in [0.4, 0.5) is 0 Å². The molecule has 18 heavy (non-hydrogen) atoms. The number of carbonyl (C=O) groups is 1. The highest BCUT2D eigenvalue weighted by atomic mass is 35.5. The zero-order valence-corrected chi connectivity index (χ0v) is 11.3. The van der Waals surface area contributed by atoms with Crippen molar-refractivity contribution >= 4 is 29.1 Å². The van der Waals surface area contributed by atoms with E-state index in [1.165, 1.54) is 0 Å². The number of carbonyl (C=O) groups excluding carboxylic acids is 1. The topological polar surface area (TPSA) is 49.3 Å². The molecule has 0 aliphatic heterocycles. The molecule has 1 aromatic carbocycles. The number of aliphatic hydroxyl groups is 1. The van der Waals surface area contributed by atoms with Crippen LogP contribution in [0, 0.1) is 5.92 Å². The Labute approximate surface area is 116 Å². The summed E-state index contributed by atoms with van der Waals surface area (Å²) in [4.78, 5) is 11.9. The van der Waals surface area contributed by atoms with Crippen LogP contribution in [0.25, 0.3) is 0 Å². The molecule has 1 aliphatic carbocycles. The lowest BCUT2D eigenvalue weighted by Crippen LogP contribution is -2.28. The van der Waals surface area contributed by atoms with Crippen molar-refractivity contribution in [3.63, 3.8) is 0 Å². The first-order chi connectivity index (χ1) is 8.58. The second-order valence-corrected chi connectivity index (χ2v) is 5.43. The van der Waals surface area contributed by atoms with Crippen LogP contribution in [0.3, 0.4) is 0 Å². The lowest BCUT2D eigenvalue weighted by atomic mass is 10.1. The first-order valence-electron chi connectivity index (χ1n) is 5.98. The summed E-state index contributed by atoms with van der Waals surface area (Å²) in [6, 6.07) is 4.99. The normalized spacial score (nSPS) is 23.1. The van der Waals surface area contributed by atoms with Gasteiger partial charge in [0.1, 0.15) is 0 Å². The molecular weight excluding hydrogens is 273 g/mol. The maximum absolute atomic E-state index is 11.9. The fraction of sp³-hybridized carbons (Fsp3) is 0.462. The lowest BCUT2D eigenvalue weighted by Gasteiger charge is -2.11. The van der Waals surface area contributed by atoms with Gasteiger partial charge in [0.25, 0.3) is 5.91 Å². The average Bonchev–Trinajstić information content (AvgIpc) is 2.76. The van der Waals surface area contributed by atoms with E-state index >= 15 is 0 Å². The molecule has 1 aliphatic rings. The minimum atomic E-state index is -0.221. The molecule has 1 saturated carbocycles. The van der Waals surface area contributed by atoms with E-state index in [0.29, 0.717) is 23.0 Å². The van der Waals surface area contributed by atoms with Gasteiger partial charge in [0.2, 0.25) is 0 Å². The Kier molecular flexibility index (Phi) is 4.49. The van der Waals surface area contributed by atoms with Crippen LogP contribution in [0.5, 0.6) is 0 Å². The summed E-state index contributed by atoms with van der Waals surface area (Å²) in [5.74, 6) is 0.130. The van der Waals surface area contributed by atoms with E-state index < -0.39 is 0 Å². The molecule has 1 amide bonds. The molecular formula is C13H15Cl2NO2. The molecule has 0 aromatic heterocycles. The summed E-state index contributed by atoms with van der Waals surface area (Å²) in [6.07, 6.45) is 2.30. The van der Waals surface area contributed by atoms with Gasteiger partial charge in [0.05, 0.1) is 21.7 Å². The highest BCUT2D eigenvalue weighted by molar-refractivity contribution is 6.43. The number of nitrogens with one attached hydrogen (secondary N) is 1. The maximum atomic E-state index is 11.9. The fourth-order valence-electron chi connectivity index (χ4n) is 2.25. The Morgan fingerprint density at radius 2 is 2.17 bits per heavy atom. The number of amides is 1. The molecule has 3 nitrogen and oxygen atoms in total. The highest BCUT2D eigenvalue weighted by Gasteiger charge is 2.23. The molecule has 2 unspecified atom stereocenters. The van der Waals surface area contributed by atoms with Crippen LogP contribution < -0.4 is 5.32 Å². The molecule has 0 spiro atoms. The van der Waals surface area contributed by atoms with Crippen LogP contribution in [-0.4, -0.2) is 23.7 Å². The van der Waals surface area contributed by atoms with Gasteiger partial charge in [-0.1, -0.05) is 29.3 Å². The van der Waals surface area contributed by atoms with Crippen LogP contribution in [0.15, 0.2) is 18.2 Å². The summed E-state index contributed by atoms with van der Waals surface area (Å²) < 4.78 is 0. The Morgan fingerprint density at radius 3 is 2.83 bits per heavy atom. The van der Waals surface area contributed by atoms with Gasteiger partial charge in [-0.3, -0.25) is 4.79 Å². The van der Waals surface area contributed by atoms with E-state index in [9.17, 15) is 9.90 Å². The summed E-state index contributed by atoms with van der Waals surface area (Å²) in [6.45, 7) is 0.568. The quantitative estimate of drug-likeness (QED) is 0.898. The number of aliphatic hydroxyl groups excluding tert-OH is 1. The molecule has 1 fully saturated rings. The molecule has 0 bridgehead atoms. The second kappa shape index (κ2) is 5.91. The Bertz CT molecular complexity index is 451. The van der Waals surface area contributed by atoms with E-state index in [4.69, 9.17) is 23.2 Å². The van der Waals surface area contributed by atoms with Crippen molar-refractivity contribution in [2.45, 2.75) is 25.4 Å². The van der Waals surface area contributed by atoms with Crippen molar-refractivity contribution in [1.82, 2.24) is 5.32 Å². The van der Waals surface area contributed by atoms with Crippen molar-refractivity contribution in [2.75, 3.05) is 6.54 Å². The molecule has 2 N–H and O–H groups in total. The first-order valence-corrected chi connectivity index (χ1v) is 6.74. The third kappa shape index (κ3) is 3.16. The summed E-state index contributed by atoms with van der Waals surface area (Å²) >= 11 is 11.8. The zero-order valence-electron chi connectivity index (χ0n) is 9.83. The largest absolute Gasteiger partial charge is 0.393 e. The van der Waals surface area contributed by atoms with Gasteiger partial charge >= 0.3 is 0 Å². The van der Waals surface area contributed by atoms with Crippen molar-refractivity contribution in [1.29, 1.82) is 0 Å². The average molecular weight is 288 g/mol. The van der Waals surface area contributed by atoms with E-state index in [-0.39, 0.29) is 17.0 Å². The van der Waals surface area contributed by atoms with E-state index in [2.05, 4.69) is 5.32 Å². The van der Waals surface area contributed by atoms with Crippen molar-refractivity contribution in [3.8, 4) is 0 Å².